The van der Waals surface area contributed by atoms with Gasteiger partial charge in [-0.3, -0.25) is 0 Å². The zero-order valence-corrected chi connectivity index (χ0v) is 13.3. The van der Waals surface area contributed by atoms with E-state index >= 15 is 0 Å². The molecule has 2 aromatic heterocycles. The van der Waals surface area contributed by atoms with Crippen LogP contribution in [0.1, 0.15) is 34.2 Å². The number of aryl methyl sites for hydroxylation is 3. The Labute approximate surface area is 118 Å². The Morgan fingerprint density at radius 2 is 1.94 bits per heavy atom. The van der Waals surface area contributed by atoms with Gasteiger partial charge in [-0.1, -0.05) is 0 Å². The van der Waals surface area contributed by atoms with Crippen LogP contribution in [0.25, 0.3) is 0 Å². The number of hydrogen-bond acceptors (Lipinski definition) is 4. The Balaban J connectivity index is 2.47. The molecule has 2 heterocycles. The van der Waals surface area contributed by atoms with E-state index in [2.05, 4.69) is 39.6 Å². The highest BCUT2D eigenvalue weighted by molar-refractivity contribution is 14.1. The fourth-order valence-electron chi connectivity index (χ4n) is 1.89. The zero-order valence-electron chi connectivity index (χ0n) is 10.3. The molecule has 0 saturated heterocycles. The maximum atomic E-state index is 6.08. The normalized spacial score (nSPS) is 13.0. The van der Waals surface area contributed by atoms with Gasteiger partial charge in [0.25, 0.3) is 0 Å². The van der Waals surface area contributed by atoms with Crippen molar-refractivity contribution in [2.75, 3.05) is 5.73 Å². The van der Waals surface area contributed by atoms with E-state index in [0.29, 0.717) is 0 Å². The Hall–Kier alpha value is -0.630. The molecule has 0 fully saturated rings. The van der Waals surface area contributed by atoms with E-state index in [0.717, 1.165) is 25.8 Å². The molecule has 0 saturated carbocycles. The average Bonchev–Trinajstić information content (AvgIpc) is 2.72. The Kier molecular flexibility index (Phi) is 3.44. The molecular weight excluding hydrogens is 347 g/mol. The molecule has 1 atom stereocenters. The van der Waals surface area contributed by atoms with Crippen LogP contribution in [-0.2, 0) is 0 Å². The summed E-state index contributed by atoms with van der Waals surface area (Å²) in [5, 5.41) is 5.58. The molecule has 0 spiro atoms. The van der Waals surface area contributed by atoms with Gasteiger partial charge < -0.3 is 5.73 Å². The van der Waals surface area contributed by atoms with E-state index in [1.54, 1.807) is 11.3 Å². The minimum absolute atomic E-state index is 0.142. The predicted octanol–water partition coefficient (Wildman–Crippen LogP) is 3.06. The van der Waals surface area contributed by atoms with Crippen LogP contribution in [0.4, 0.5) is 5.82 Å². The van der Waals surface area contributed by atoms with E-state index in [1.165, 1.54) is 4.88 Å². The van der Waals surface area contributed by atoms with E-state index in [9.17, 15) is 0 Å². The van der Waals surface area contributed by atoms with Gasteiger partial charge in [0.15, 0.2) is 0 Å². The lowest BCUT2D eigenvalue weighted by Crippen LogP contribution is -2.11. The first-order valence-corrected chi connectivity index (χ1v) is 7.25. The molecule has 92 valence electrons. The number of anilines is 1. The second-order valence-corrected chi connectivity index (χ2v) is 6.40. The summed E-state index contributed by atoms with van der Waals surface area (Å²) >= 11 is 3.95. The summed E-state index contributed by atoms with van der Waals surface area (Å²) in [6.07, 6.45) is 0. The fourth-order valence-corrected chi connectivity index (χ4v) is 3.21. The molecule has 0 bridgehead atoms. The van der Waals surface area contributed by atoms with Crippen molar-refractivity contribution >= 4 is 39.7 Å². The highest BCUT2D eigenvalue weighted by atomic mass is 127. The largest absolute Gasteiger partial charge is 0.383 e. The van der Waals surface area contributed by atoms with Gasteiger partial charge >= 0.3 is 0 Å². The van der Waals surface area contributed by atoms with Crippen molar-refractivity contribution in [3.8, 4) is 0 Å². The van der Waals surface area contributed by atoms with Crippen LogP contribution in [0.3, 0.4) is 0 Å². The fraction of sp³-hybridized carbons (Fsp3) is 0.455. The third-order valence-corrected chi connectivity index (χ3v) is 5.31. The molecule has 0 aliphatic rings. The summed E-state index contributed by atoms with van der Waals surface area (Å²) in [7, 11) is 0. The maximum absolute atomic E-state index is 6.08. The Bertz CT molecular complexity index is 558. The number of halogens is 1. The van der Waals surface area contributed by atoms with Crippen LogP contribution in [0.15, 0.2) is 0 Å². The molecule has 0 aliphatic heterocycles. The maximum Gasteiger partial charge on any atom is 0.136 e. The molecule has 0 aromatic carbocycles. The second-order valence-electron chi connectivity index (χ2n) is 4.09. The van der Waals surface area contributed by atoms with Crippen LogP contribution < -0.4 is 5.73 Å². The summed E-state index contributed by atoms with van der Waals surface area (Å²) in [5.74, 6) is 0.737. The first-order valence-electron chi connectivity index (χ1n) is 5.35. The van der Waals surface area contributed by atoms with E-state index in [4.69, 9.17) is 5.73 Å². The summed E-state index contributed by atoms with van der Waals surface area (Å²) in [5.41, 5.74) is 8.13. The predicted molar refractivity (Wildman–Crippen MR) is 79.5 cm³/mol. The molecule has 0 radical (unpaired) electrons. The summed E-state index contributed by atoms with van der Waals surface area (Å²) in [6.45, 7) is 8.15. The van der Waals surface area contributed by atoms with Crippen molar-refractivity contribution < 1.29 is 0 Å². The zero-order chi connectivity index (χ0) is 12.7. The molecule has 2 N–H and O–H groups in total. The number of nitrogens with zero attached hydrogens (tertiary/aromatic N) is 3. The van der Waals surface area contributed by atoms with Crippen molar-refractivity contribution in [2.45, 2.75) is 33.7 Å². The lowest BCUT2D eigenvalue weighted by Gasteiger charge is -2.12. The molecule has 2 rings (SSSR count). The van der Waals surface area contributed by atoms with Gasteiger partial charge in [-0.05, 0) is 50.3 Å². The quantitative estimate of drug-likeness (QED) is 0.836. The first-order chi connectivity index (χ1) is 7.91. The van der Waals surface area contributed by atoms with Gasteiger partial charge in [0.2, 0.25) is 0 Å². The molecule has 17 heavy (non-hydrogen) atoms. The Morgan fingerprint density at radius 1 is 1.29 bits per heavy atom. The molecular formula is C11H15IN4S. The van der Waals surface area contributed by atoms with Crippen LogP contribution in [-0.4, -0.2) is 14.8 Å². The van der Waals surface area contributed by atoms with E-state index < -0.39 is 0 Å². The van der Waals surface area contributed by atoms with Crippen LogP contribution in [0.2, 0.25) is 0 Å². The van der Waals surface area contributed by atoms with Crippen molar-refractivity contribution in [2.24, 2.45) is 0 Å². The van der Waals surface area contributed by atoms with Crippen LogP contribution >= 0.6 is 33.9 Å². The Morgan fingerprint density at radius 3 is 2.35 bits per heavy atom. The lowest BCUT2D eigenvalue weighted by atomic mass is 10.2. The number of hydrogen-bond donors (Lipinski definition) is 1. The highest BCUT2D eigenvalue weighted by Gasteiger charge is 2.19. The third kappa shape index (κ3) is 2.20. The number of rotatable bonds is 2. The summed E-state index contributed by atoms with van der Waals surface area (Å²) in [6, 6.07) is 0.142. The van der Waals surface area contributed by atoms with Gasteiger partial charge in [0.1, 0.15) is 5.82 Å². The van der Waals surface area contributed by atoms with Gasteiger partial charge in [-0.15, -0.1) is 11.3 Å². The molecule has 4 nitrogen and oxygen atoms in total. The topological polar surface area (TPSA) is 56.7 Å². The smallest absolute Gasteiger partial charge is 0.136 e. The standard InChI is InChI=1S/C11H15IN4S/c1-5-9(12)11(13)16(15-5)7(3)10-6(2)14-8(4)17-10/h7H,13H2,1-4H3. The minimum atomic E-state index is 0.142. The monoisotopic (exact) mass is 362 g/mol. The van der Waals surface area contributed by atoms with Gasteiger partial charge in [-0.25, -0.2) is 9.67 Å². The van der Waals surface area contributed by atoms with Gasteiger partial charge in [-0.2, -0.15) is 5.10 Å². The third-order valence-electron chi connectivity index (χ3n) is 2.73. The molecule has 0 amide bonds. The van der Waals surface area contributed by atoms with E-state index in [1.807, 2.05) is 25.5 Å². The number of nitrogen functional groups attached to an aromatic ring is 1. The van der Waals surface area contributed by atoms with Crippen molar-refractivity contribution in [3.63, 3.8) is 0 Å². The highest BCUT2D eigenvalue weighted by Crippen LogP contribution is 2.30. The lowest BCUT2D eigenvalue weighted by molar-refractivity contribution is 0.573. The van der Waals surface area contributed by atoms with Gasteiger partial charge in [0, 0.05) is 0 Å². The number of nitrogens with two attached hydrogens (primary N) is 1. The molecule has 6 heteroatoms. The molecule has 1 unspecified atom stereocenters. The van der Waals surface area contributed by atoms with Crippen molar-refractivity contribution in [1.29, 1.82) is 0 Å². The average molecular weight is 362 g/mol. The first kappa shape index (κ1) is 12.8. The van der Waals surface area contributed by atoms with Gasteiger partial charge in [0.05, 0.1) is 30.9 Å². The minimum Gasteiger partial charge on any atom is -0.383 e. The van der Waals surface area contributed by atoms with Crippen molar-refractivity contribution in [1.82, 2.24) is 14.8 Å². The number of aromatic nitrogens is 3. The molecule has 2 aromatic rings. The van der Waals surface area contributed by atoms with Crippen LogP contribution in [0.5, 0.6) is 0 Å². The SMILES string of the molecule is Cc1nc(C)c(C(C)n2nc(C)c(I)c2N)s1. The van der Waals surface area contributed by atoms with Crippen LogP contribution in [0, 0.1) is 24.3 Å². The summed E-state index contributed by atoms with van der Waals surface area (Å²) < 4.78 is 2.92. The number of thiazole rings is 1. The van der Waals surface area contributed by atoms with Crippen molar-refractivity contribution in [3.05, 3.63) is 24.8 Å². The van der Waals surface area contributed by atoms with E-state index in [-0.39, 0.29) is 6.04 Å². The second kappa shape index (κ2) is 4.56. The summed E-state index contributed by atoms with van der Waals surface area (Å²) in [4.78, 5) is 5.68. The molecule has 0 aliphatic carbocycles.